The molecule has 10 nitrogen and oxygen atoms in total. The number of carbonyl (C=O) groups excluding carboxylic acids is 2. The van der Waals surface area contributed by atoms with Gasteiger partial charge in [-0.3, -0.25) is 14.2 Å². The molecule has 0 bridgehead atoms. The average molecular weight is 506 g/mol. The zero-order valence-electron chi connectivity index (χ0n) is 19.9. The highest BCUT2D eigenvalue weighted by Gasteiger charge is 2.49. The minimum atomic E-state index is -1.65. The van der Waals surface area contributed by atoms with Gasteiger partial charge in [0.25, 0.3) is 5.91 Å². The van der Waals surface area contributed by atoms with Crippen LogP contribution >= 0.6 is 0 Å². The van der Waals surface area contributed by atoms with Gasteiger partial charge in [0.05, 0.1) is 19.5 Å². The van der Waals surface area contributed by atoms with E-state index >= 15 is 4.39 Å². The monoisotopic (exact) mass is 505 g/mol. The van der Waals surface area contributed by atoms with Crippen molar-refractivity contribution in [1.82, 2.24) is 19.5 Å². The molecule has 0 aliphatic carbocycles. The van der Waals surface area contributed by atoms with Crippen molar-refractivity contribution in [3.8, 4) is 0 Å². The Morgan fingerprint density at radius 2 is 1.78 bits per heavy atom. The molecule has 0 unspecified atom stereocenters. The Bertz CT molecular complexity index is 1380. The molecule has 1 amide bonds. The third kappa shape index (κ3) is 5.32. The Morgan fingerprint density at radius 3 is 2.51 bits per heavy atom. The van der Waals surface area contributed by atoms with Gasteiger partial charge in [-0.25, -0.2) is 19.3 Å². The van der Waals surface area contributed by atoms with Crippen molar-refractivity contribution in [2.45, 2.75) is 38.1 Å². The van der Waals surface area contributed by atoms with Crippen LogP contribution in [-0.2, 0) is 25.6 Å². The quantitative estimate of drug-likeness (QED) is 0.362. The number of carbonyl (C=O) groups is 2. The highest BCUT2D eigenvalue weighted by molar-refractivity contribution is 6.06. The second-order valence-corrected chi connectivity index (χ2v) is 8.45. The molecule has 0 saturated carbocycles. The molecule has 11 heteroatoms. The van der Waals surface area contributed by atoms with Crippen LogP contribution < -0.4 is 5.32 Å². The smallest absolute Gasteiger partial charge is 0.303 e. The Labute approximate surface area is 211 Å². The second-order valence-electron chi connectivity index (χ2n) is 8.45. The number of alkyl halides is 1. The Hall–Kier alpha value is -4.22. The molecule has 5 rings (SSSR count). The molecule has 1 fully saturated rings. The summed E-state index contributed by atoms with van der Waals surface area (Å²) < 4.78 is 33.8. The minimum absolute atomic E-state index is 0.0513. The van der Waals surface area contributed by atoms with Crippen LogP contribution in [0.2, 0.25) is 0 Å². The van der Waals surface area contributed by atoms with Crippen LogP contribution in [0.25, 0.3) is 11.2 Å². The van der Waals surface area contributed by atoms with Gasteiger partial charge in [0.2, 0.25) is 0 Å². The van der Waals surface area contributed by atoms with Crippen LogP contribution in [0.1, 0.15) is 29.1 Å². The summed E-state index contributed by atoms with van der Waals surface area (Å²) in [7, 11) is 0. The molecule has 3 heterocycles. The molecule has 37 heavy (non-hydrogen) atoms. The third-order valence-corrected chi connectivity index (χ3v) is 5.86. The van der Waals surface area contributed by atoms with Crippen LogP contribution in [-0.4, -0.2) is 56.4 Å². The molecule has 2 aromatic carbocycles. The van der Waals surface area contributed by atoms with Gasteiger partial charge in [0.15, 0.2) is 35.5 Å². The number of anilines is 1. The highest BCUT2D eigenvalue weighted by Crippen LogP contribution is 2.36. The summed E-state index contributed by atoms with van der Waals surface area (Å²) in [4.78, 5) is 37.1. The summed E-state index contributed by atoms with van der Waals surface area (Å²) in [5, 5.41) is 2.72. The summed E-state index contributed by atoms with van der Waals surface area (Å²) in [6, 6.07) is 18.1. The van der Waals surface area contributed by atoms with Gasteiger partial charge >= 0.3 is 5.97 Å². The molecule has 1 saturated heterocycles. The lowest BCUT2D eigenvalue weighted by Crippen LogP contribution is -2.34. The van der Waals surface area contributed by atoms with Gasteiger partial charge in [-0.15, -0.1) is 0 Å². The van der Waals surface area contributed by atoms with E-state index in [2.05, 4.69) is 20.3 Å². The summed E-state index contributed by atoms with van der Waals surface area (Å²) in [5.74, 6) is -0.842. The molecule has 0 radical (unpaired) electrons. The van der Waals surface area contributed by atoms with E-state index in [9.17, 15) is 9.59 Å². The van der Waals surface area contributed by atoms with E-state index in [1.54, 1.807) is 30.3 Å². The van der Waals surface area contributed by atoms with Gasteiger partial charge in [-0.2, -0.15) is 0 Å². The van der Waals surface area contributed by atoms with Crippen molar-refractivity contribution >= 4 is 28.9 Å². The Balaban J connectivity index is 1.37. The zero-order valence-corrected chi connectivity index (χ0v) is 19.9. The number of esters is 1. The number of hydrogen-bond donors (Lipinski definition) is 1. The largest absolute Gasteiger partial charge is 0.454 e. The van der Waals surface area contributed by atoms with Crippen molar-refractivity contribution in [3.63, 3.8) is 0 Å². The van der Waals surface area contributed by atoms with E-state index in [0.717, 1.165) is 5.56 Å². The summed E-state index contributed by atoms with van der Waals surface area (Å²) in [6.07, 6.45) is -2.31. The van der Waals surface area contributed by atoms with Crippen molar-refractivity contribution < 1.29 is 28.2 Å². The SMILES string of the molecule is CC(=O)O[C@@H]1[C@H](F)[C@@H](COCc2ccccc2)O[C@H]1n1cnc2c(NC(=O)c3ccccc3)ncnc21. The molecule has 1 aliphatic rings. The number of nitrogens with one attached hydrogen (secondary N) is 1. The molecular weight excluding hydrogens is 481 g/mol. The van der Waals surface area contributed by atoms with Gasteiger partial charge in [0.1, 0.15) is 12.4 Å². The van der Waals surface area contributed by atoms with E-state index in [1.165, 1.54) is 24.1 Å². The fourth-order valence-corrected chi connectivity index (χ4v) is 4.14. The predicted octanol–water partition coefficient (Wildman–Crippen LogP) is 3.46. The van der Waals surface area contributed by atoms with Crippen molar-refractivity contribution in [3.05, 3.63) is 84.4 Å². The van der Waals surface area contributed by atoms with Gasteiger partial charge in [-0.1, -0.05) is 48.5 Å². The maximum absolute atomic E-state index is 15.4. The standard InChI is InChI=1S/C26H24FN5O5/c1-16(33)36-22-20(27)19(13-35-12-17-8-4-2-5-9-17)37-26(22)32-15-30-21-23(28-14-29-24(21)32)31-25(34)18-10-6-3-7-11-18/h2-11,14-15,19-20,22,26H,12-13H2,1H3,(H,28,29,31,34)/t19-,20-,22-,26-/m1/s1. The number of halogens is 1. The molecule has 4 aromatic rings. The van der Waals surface area contributed by atoms with Crippen LogP contribution in [0.4, 0.5) is 10.2 Å². The maximum atomic E-state index is 15.4. The van der Waals surface area contributed by atoms with E-state index in [4.69, 9.17) is 14.2 Å². The number of aromatic nitrogens is 4. The molecule has 190 valence electrons. The van der Waals surface area contributed by atoms with Crippen LogP contribution in [0.15, 0.2) is 73.3 Å². The van der Waals surface area contributed by atoms with Gasteiger partial charge in [0, 0.05) is 12.5 Å². The molecule has 2 aromatic heterocycles. The third-order valence-electron chi connectivity index (χ3n) is 5.86. The number of imidazole rings is 1. The maximum Gasteiger partial charge on any atom is 0.303 e. The second kappa shape index (κ2) is 10.8. The molecule has 1 aliphatic heterocycles. The van der Waals surface area contributed by atoms with Crippen molar-refractivity contribution in [1.29, 1.82) is 0 Å². The number of fused-ring (bicyclic) bond motifs is 1. The topological polar surface area (TPSA) is 117 Å². The lowest BCUT2D eigenvalue weighted by Gasteiger charge is -2.20. The first-order valence-electron chi connectivity index (χ1n) is 11.6. The summed E-state index contributed by atoms with van der Waals surface area (Å²) >= 11 is 0. The van der Waals surface area contributed by atoms with Crippen molar-refractivity contribution in [2.24, 2.45) is 0 Å². The lowest BCUT2D eigenvalue weighted by atomic mass is 10.1. The summed E-state index contributed by atoms with van der Waals surface area (Å²) in [5.41, 5.74) is 1.93. The first kappa shape index (κ1) is 24.5. The number of hydrogen-bond acceptors (Lipinski definition) is 8. The fourth-order valence-electron chi connectivity index (χ4n) is 4.14. The van der Waals surface area contributed by atoms with Crippen LogP contribution in [0, 0.1) is 0 Å². The Morgan fingerprint density at radius 1 is 1.05 bits per heavy atom. The van der Waals surface area contributed by atoms with Crippen molar-refractivity contribution in [2.75, 3.05) is 11.9 Å². The highest BCUT2D eigenvalue weighted by atomic mass is 19.1. The Kier molecular flexibility index (Phi) is 7.15. The summed E-state index contributed by atoms with van der Waals surface area (Å²) in [6.45, 7) is 1.43. The zero-order chi connectivity index (χ0) is 25.8. The number of amides is 1. The minimum Gasteiger partial charge on any atom is -0.454 e. The van der Waals surface area contributed by atoms with E-state index < -0.39 is 30.6 Å². The van der Waals surface area contributed by atoms with E-state index in [-0.39, 0.29) is 36.1 Å². The van der Waals surface area contributed by atoms with E-state index in [1.807, 2.05) is 30.3 Å². The van der Waals surface area contributed by atoms with E-state index in [0.29, 0.717) is 5.56 Å². The number of benzene rings is 2. The molecule has 0 spiro atoms. The number of nitrogens with zero attached hydrogens (tertiary/aromatic N) is 4. The molecular formula is C26H24FN5O5. The van der Waals surface area contributed by atoms with Gasteiger partial charge in [-0.05, 0) is 17.7 Å². The normalized spacial score (nSPS) is 21.1. The first-order valence-corrected chi connectivity index (χ1v) is 11.6. The predicted molar refractivity (Wildman–Crippen MR) is 130 cm³/mol. The van der Waals surface area contributed by atoms with Crippen LogP contribution in [0.3, 0.4) is 0 Å². The molecule has 4 atom stereocenters. The van der Waals surface area contributed by atoms with Crippen LogP contribution in [0.5, 0.6) is 0 Å². The average Bonchev–Trinajstić information content (AvgIpc) is 3.47. The number of ether oxygens (including phenoxy) is 3. The molecule has 1 N–H and O–H groups in total. The fraction of sp³-hybridized carbons (Fsp3) is 0.269. The lowest BCUT2D eigenvalue weighted by molar-refractivity contribution is -0.154. The van der Waals surface area contributed by atoms with Gasteiger partial charge < -0.3 is 19.5 Å². The number of rotatable bonds is 8. The first-order chi connectivity index (χ1) is 18.0.